The van der Waals surface area contributed by atoms with Crippen molar-refractivity contribution in [3.8, 4) is 11.5 Å². The van der Waals surface area contributed by atoms with Crippen LogP contribution in [0.3, 0.4) is 0 Å². The van der Waals surface area contributed by atoms with Gasteiger partial charge in [-0.2, -0.15) is 0 Å². The standard InChI is InChI=1S/C13H8BrClO3/c14-8-1-6-11(13(16)17)12(7-8)18-10-4-2-9(15)3-5-10/h1-7H,(H,16,17). The normalized spacial score (nSPS) is 10.1. The van der Waals surface area contributed by atoms with Crippen LogP contribution in [0.4, 0.5) is 0 Å². The smallest absolute Gasteiger partial charge is 0.339 e. The van der Waals surface area contributed by atoms with E-state index in [1.54, 1.807) is 36.4 Å². The molecule has 0 aliphatic carbocycles. The zero-order valence-corrected chi connectivity index (χ0v) is 11.4. The molecule has 0 heterocycles. The molecule has 0 aliphatic heterocycles. The van der Waals surface area contributed by atoms with Crippen molar-refractivity contribution < 1.29 is 14.6 Å². The van der Waals surface area contributed by atoms with E-state index >= 15 is 0 Å². The molecular weight excluding hydrogens is 319 g/mol. The third-order valence-electron chi connectivity index (χ3n) is 2.22. The highest BCUT2D eigenvalue weighted by Crippen LogP contribution is 2.29. The number of aromatic carboxylic acids is 1. The highest BCUT2D eigenvalue weighted by molar-refractivity contribution is 9.10. The third kappa shape index (κ3) is 3.03. The molecule has 0 atom stereocenters. The van der Waals surface area contributed by atoms with Crippen molar-refractivity contribution in [2.24, 2.45) is 0 Å². The first kappa shape index (κ1) is 12.9. The fourth-order valence-electron chi connectivity index (χ4n) is 1.39. The number of carboxylic acids is 1. The van der Waals surface area contributed by atoms with E-state index in [2.05, 4.69) is 15.9 Å². The molecule has 2 rings (SSSR count). The van der Waals surface area contributed by atoms with Gasteiger partial charge in [-0.05, 0) is 42.5 Å². The van der Waals surface area contributed by atoms with Crippen LogP contribution in [0.2, 0.25) is 5.02 Å². The van der Waals surface area contributed by atoms with E-state index in [-0.39, 0.29) is 11.3 Å². The minimum Gasteiger partial charge on any atom is -0.478 e. The van der Waals surface area contributed by atoms with Crippen molar-refractivity contribution in [2.45, 2.75) is 0 Å². The van der Waals surface area contributed by atoms with Gasteiger partial charge in [0.1, 0.15) is 17.1 Å². The van der Waals surface area contributed by atoms with Gasteiger partial charge >= 0.3 is 5.97 Å². The van der Waals surface area contributed by atoms with E-state index in [0.29, 0.717) is 10.8 Å². The molecule has 0 amide bonds. The van der Waals surface area contributed by atoms with Gasteiger partial charge in [0.05, 0.1) is 0 Å². The zero-order valence-electron chi connectivity index (χ0n) is 9.06. The lowest BCUT2D eigenvalue weighted by molar-refractivity contribution is 0.0694. The summed E-state index contributed by atoms with van der Waals surface area (Å²) in [6.45, 7) is 0. The summed E-state index contributed by atoms with van der Waals surface area (Å²) in [5.41, 5.74) is 0.105. The Balaban J connectivity index is 2.35. The van der Waals surface area contributed by atoms with E-state index in [9.17, 15) is 4.79 Å². The number of hydrogen-bond donors (Lipinski definition) is 1. The van der Waals surface area contributed by atoms with E-state index in [1.807, 2.05) is 0 Å². The number of rotatable bonds is 3. The molecule has 0 saturated carbocycles. The van der Waals surface area contributed by atoms with Crippen molar-refractivity contribution in [3.05, 3.63) is 57.5 Å². The van der Waals surface area contributed by atoms with Crippen LogP contribution >= 0.6 is 27.5 Å². The summed E-state index contributed by atoms with van der Waals surface area (Å²) in [5, 5.41) is 9.65. The van der Waals surface area contributed by atoms with Crippen molar-refractivity contribution in [1.29, 1.82) is 0 Å². The number of ether oxygens (including phenoxy) is 1. The van der Waals surface area contributed by atoms with Crippen LogP contribution in [0.25, 0.3) is 0 Å². The van der Waals surface area contributed by atoms with Gasteiger partial charge < -0.3 is 9.84 Å². The molecule has 0 radical (unpaired) electrons. The van der Waals surface area contributed by atoms with Crippen molar-refractivity contribution in [2.75, 3.05) is 0 Å². The molecule has 2 aromatic carbocycles. The molecule has 0 unspecified atom stereocenters. The topological polar surface area (TPSA) is 46.5 Å². The molecule has 1 N–H and O–H groups in total. The Morgan fingerprint density at radius 2 is 1.83 bits per heavy atom. The number of hydrogen-bond acceptors (Lipinski definition) is 2. The van der Waals surface area contributed by atoms with E-state index in [0.717, 1.165) is 4.47 Å². The first-order valence-electron chi connectivity index (χ1n) is 5.02. The maximum atomic E-state index is 11.1. The fourth-order valence-corrected chi connectivity index (χ4v) is 1.85. The minimum absolute atomic E-state index is 0.105. The van der Waals surface area contributed by atoms with Crippen molar-refractivity contribution in [3.63, 3.8) is 0 Å². The number of benzene rings is 2. The molecular formula is C13H8BrClO3. The van der Waals surface area contributed by atoms with Gasteiger partial charge in [0.2, 0.25) is 0 Å². The maximum Gasteiger partial charge on any atom is 0.339 e. The Labute approximate surface area is 117 Å². The van der Waals surface area contributed by atoms with Crippen LogP contribution in [0, 0.1) is 0 Å². The summed E-state index contributed by atoms with van der Waals surface area (Å²) >= 11 is 9.04. The zero-order chi connectivity index (χ0) is 13.1. The van der Waals surface area contributed by atoms with Gasteiger partial charge in [-0.15, -0.1) is 0 Å². The van der Waals surface area contributed by atoms with Crippen LogP contribution < -0.4 is 4.74 Å². The van der Waals surface area contributed by atoms with Gasteiger partial charge in [0, 0.05) is 9.50 Å². The van der Waals surface area contributed by atoms with Gasteiger partial charge in [-0.1, -0.05) is 27.5 Å². The summed E-state index contributed by atoms with van der Waals surface area (Å²) in [6, 6.07) is 11.4. The maximum absolute atomic E-state index is 11.1. The van der Waals surface area contributed by atoms with Gasteiger partial charge in [-0.3, -0.25) is 0 Å². The Kier molecular flexibility index (Phi) is 3.89. The predicted octanol–water partition coefficient (Wildman–Crippen LogP) is 4.59. The summed E-state index contributed by atoms with van der Waals surface area (Å²) in [7, 11) is 0. The number of carbonyl (C=O) groups is 1. The molecule has 3 nitrogen and oxygen atoms in total. The molecule has 92 valence electrons. The largest absolute Gasteiger partial charge is 0.478 e. The summed E-state index contributed by atoms with van der Waals surface area (Å²) in [5.74, 6) is -0.231. The monoisotopic (exact) mass is 326 g/mol. The SMILES string of the molecule is O=C(O)c1ccc(Br)cc1Oc1ccc(Cl)cc1. The molecule has 0 aliphatic rings. The molecule has 5 heteroatoms. The Morgan fingerprint density at radius 3 is 2.44 bits per heavy atom. The molecule has 2 aromatic rings. The lowest BCUT2D eigenvalue weighted by atomic mass is 10.2. The van der Waals surface area contributed by atoms with Crippen LogP contribution in [0.15, 0.2) is 46.9 Å². The van der Waals surface area contributed by atoms with Gasteiger partial charge in [0.25, 0.3) is 0 Å². The first-order chi connectivity index (χ1) is 8.56. The molecule has 18 heavy (non-hydrogen) atoms. The van der Waals surface area contributed by atoms with Crippen LogP contribution in [0.5, 0.6) is 11.5 Å². The molecule has 0 spiro atoms. The van der Waals surface area contributed by atoms with Crippen LogP contribution in [0.1, 0.15) is 10.4 Å². The molecule has 0 bridgehead atoms. The molecule has 0 fully saturated rings. The summed E-state index contributed by atoms with van der Waals surface area (Å²) in [6.07, 6.45) is 0. The lowest BCUT2D eigenvalue weighted by Gasteiger charge is -2.09. The van der Waals surface area contributed by atoms with E-state index in [1.165, 1.54) is 6.07 Å². The summed E-state index contributed by atoms with van der Waals surface area (Å²) < 4.78 is 6.28. The quantitative estimate of drug-likeness (QED) is 0.896. The van der Waals surface area contributed by atoms with E-state index in [4.69, 9.17) is 21.4 Å². The van der Waals surface area contributed by atoms with Crippen LogP contribution in [-0.2, 0) is 0 Å². The minimum atomic E-state index is -1.04. The predicted molar refractivity (Wildman–Crippen MR) is 72.6 cm³/mol. The van der Waals surface area contributed by atoms with Crippen LogP contribution in [-0.4, -0.2) is 11.1 Å². The van der Waals surface area contributed by atoms with Crippen molar-refractivity contribution >= 4 is 33.5 Å². The third-order valence-corrected chi connectivity index (χ3v) is 2.96. The second kappa shape index (κ2) is 5.42. The second-order valence-electron chi connectivity index (χ2n) is 3.50. The first-order valence-corrected chi connectivity index (χ1v) is 6.19. The fraction of sp³-hybridized carbons (Fsp3) is 0. The highest BCUT2D eigenvalue weighted by atomic mass is 79.9. The number of carboxylic acid groups (broad SMARTS) is 1. The highest BCUT2D eigenvalue weighted by Gasteiger charge is 2.12. The Bertz CT molecular complexity index is 581. The van der Waals surface area contributed by atoms with Gasteiger partial charge in [0.15, 0.2) is 0 Å². The average Bonchev–Trinajstić information content (AvgIpc) is 2.32. The summed E-state index contributed by atoms with van der Waals surface area (Å²) in [4.78, 5) is 11.1. The average molecular weight is 328 g/mol. The molecule has 0 aromatic heterocycles. The second-order valence-corrected chi connectivity index (χ2v) is 4.85. The van der Waals surface area contributed by atoms with E-state index < -0.39 is 5.97 Å². The van der Waals surface area contributed by atoms with Crippen molar-refractivity contribution in [1.82, 2.24) is 0 Å². The molecule has 0 saturated heterocycles. The number of halogens is 2. The van der Waals surface area contributed by atoms with Gasteiger partial charge in [-0.25, -0.2) is 4.79 Å². The lowest BCUT2D eigenvalue weighted by Crippen LogP contribution is -1.99. The Morgan fingerprint density at radius 1 is 1.17 bits per heavy atom. The Hall–Kier alpha value is -1.52.